The molecule has 0 aliphatic rings. The SMILES string of the molecule is CC(C)n1c(=O)[nH]c2c(C(N)=O)nc(-c3ccncc3)nc21. The summed E-state index contributed by atoms with van der Waals surface area (Å²) < 4.78 is 1.47. The average Bonchev–Trinajstić information content (AvgIpc) is 2.82. The van der Waals surface area contributed by atoms with Gasteiger partial charge in [0.25, 0.3) is 5.91 Å². The van der Waals surface area contributed by atoms with E-state index < -0.39 is 5.91 Å². The van der Waals surface area contributed by atoms with Crippen LogP contribution in [0, 0.1) is 0 Å². The molecule has 0 radical (unpaired) electrons. The fourth-order valence-electron chi connectivity index (χ4n) is 2.29. The van der Waals surface area contributed by atoms with E-state index >= 15 is 0 Å². The number of nitrogens with two attached hydrogens (primary N) is 1. The molecular formula is C14H14N6O2. The van der Waals surface area contributed by atoms with E-state index in [1.54, 1.807) is 24.5 Å². The molecule has 0 aliphatic carbocycles. The molecule has 3 heterocycles. The van der Waals surface area contributed by atoms with E-state index in [0.29, 0.717) is 17.0 Å². The lowest BCUT2D eigenvalue weighted by molar-refractivity contribution is 0.0997. The van der Waals surface area contributed by atoms with Gasteiger partial charge in [-0.3, -0.25) is 14.3 Å². The van der Waals surface area contributed by atoms with Crippen molar-refractivity contribution in [1.29, 1.82) is 0 Å². The van der Waals surface area contributed by atoms with Crippen molar-refractivity contribution in [3.8, 4) is 11.4 Å². The molecular weight excluding hydrogens is 284 g/mol. The summed E-state index contributed by atoms with van der Waals surface area (Å²) in [4.78, 5) is 38.9. The van der Waals surface area contributed by atoms with E-state index in [0.717, 1.165) is 0 Å². The number of pyridine rings is 1. The third kappa shape index (κ3) is 2.14. The van der Waals surface area contributed by atoms with Crippen LogP contribution in [0.3, 0.4) is 0 Å². The first-order valence-corrected chi connectivity index (χ1v) is 6.71. The maximum Gasteiger partial charge on any atom is 0.327 e. The Morgan fingerprint density at radius 3 is 2.55 bits per heavy atom. The number of amides is 1. The molecule has 0 spiro atoms. The molecule has 0 aromatic carbocycles. The largest absolute Gasteiger partial charge is 0.364 e. The van der Waals surface area contributed by atoms with Gasteiger partial charge in [-0.2, -0.15) is 0 Å². The summed E-state index contributed by atoms with van der Waals surface area (Å²) in [7, 11) is 0. The summed E-state index contributed by atoms with van der Waals surface area (Å²) in [5.74, 6) is -0.406. The molecule has 3 aromatic heterocycles. The van der Waals surface area contributed by atoms with Crippen LogP contribution in [0.5, 0.6) is 0 Å². The Morgan fingerprint density at radius 2 is 1.95 bits per heavy atom. The lowest BCUT2D eigenvalue weighted by Crippen LogP contribution is -2.18. The number of nitrogens with zero attached hydrogens (tertiary/aromatic N) is 4. The minimum atomic E-state index is -0.722. The molecule has 22 heavy (non-hydrogen) atoms. The van der Waals surface area contributed by atoms with Gasteiger partial charge in [0.2, 0.25) is 0 Å². The van der Waals surface area contributed by atoms with Gasteiger partial charge in [0.15, 0.2) is 17.2 Å². The Hall–Kier alpha value is -3.03. The number of rotatable bonds is 3. The van der Waals surface area contributed by atoms with E-state index in [-0.39, 0.29) is 22.9 Å². The molecule has 0 fully saturated rings. The molecule has 0 atom stereocenters. The highest BCUT2D eigenvalue weighted by Gasteiger charge is 2.20. The molecule has 112 valence electrons. The topological polar surface area (TPSA) is 120 Å². The van der Waals surface area contributed by atoms with Crippen LogP contribution in [-0.4, -0.2) is 30.4 Å². The Balaban J connectivity index is 2.40. The van der Waals surface area contributed by atoms with Gasteiger partial charge in [-0.25, -0.2) is 14.8 Å². The number of nitrogens with one attached hydrogen (secondary N) is 1. The maximum atomic E-state index is 12.1. The van der Waals surface area contributed by atoms with Gasteiger partial charge in [-0.1, -0.05) is 0 Å². The maximum absolute atomic E-state index is 12.1. The van der Waals surface area contributed by atoms with Crippen LogP contribution in [0.15, 0.2) is 29.3 Å². The zero-order chi connectivity index (χ0) is 15.9. The van der Waals surface area contributed by atoms with Gasteiger partial charge in [0.05, 0.1) is 0 Å². The predicted molar refractivity (Wildman–Crippen MR) is 80.3 cm³/mol. The second-order valence-corrected chi connectivity index (χ2v) is 5.09. The van der Waals surface area contributed by atoms with Crippen molar-refractivity contribution < 1.29 is 4.79 Å². The highest BCUT2D eigenvalue weighted by Crippen LogP contribution is 2.20. The molecule has 1 amide bonds. The average molecular weight is 298 g/mol. The molecule has 3 aromatic rings. The fraction of sp³-hybridized carbons (Fsp3) is 0.214. The van der Waals surface area contributed by atoms with Crippen LogP contribution in [0.25, 0.3) is 22.6 Å². The minimum Gasteiger partial charge on any atom is -0.364 e. The second-order valence-electron chi connectivity index (χ2n) is 5.09. The number of primary amides is 1. The number of carbonyl (C=O) groups is 1. The predicted octanol–water partition coefficient (Wildman–Crippen LogP) is 0.861. The van der Waals surface area contributed by atoms with Crippen molar-refractivity contribution in [2.75, 3.05) is 0 Å². The van der Waals surface area contributed by atoms with E-state index in [1.165, 1.54) is 4.57 Å². The summed E-state index contributed by atoms with van der Waals surface area (Å²) in [5, 5.41) is 0. The van der Waals surface area contributed by atoms with E-state index in [9.17, 15) is 9.59 Å². The third-order valence-electron chi connectivity index (χ3n) is 3.26. The van der Waals surface area contributed by atoms with Crippen LogP contribution in [0.1, 0.15) is 30.4 Å². The number of aromatic amines is 1. The number of imidazole rings is 1. The van der Waals surface area contributed by atoms with Crippen LogP contribution < -0.4 is 11.4 Å². The minimum absolute atomic E-state index is 0.00619. The molecule has 0 bridgehead atoms. The Morgan fingerprint density at radius 1 is 1.27 bits per heavy atom. The van der Waals surface area contributed by atoms with E-state index in [2.05, 4.69) is 19.9 Å². The van der Waals surface area contributed by atoms with Crippen molar-refractivity contribution in [2.45, 2.75) is 19.9 Å². The smallest absolute Gasteiger partial charge is 0.327 e. The summed E-state index contributed by atoms with van der Waals surface area (Å²) >= 11 is 0. The van der Waals surface area contributed by atoms with Crippen LogP contribution in [-0.2, 0) is 0 Å². The zero-order valence-electron chi connectivity index (χ0n) is 12.1. The molecule has 0 saturated carbocycles. The van der Waals surface area contributed by atoms with Gasteiger partial charge < -0.3 is 10.7 Å². The lowest BCUT2D eigenvalue weighted by Gasteiger charge is -2.08. The standard InChI is InChI=1S/C14H14N6O2/c1-7(2)20-13-10(18-14(20)22)9(11(15)21)17-12(19-13)8-3-5-16-6-4-8/h3-7H,1-2H3,(H2,15,21)(H,18,22). The van der Waals surface area contributed by atoms with Gasteiger partial charge in [-0.15, -0.1) is 0 Å². The summed E-state index contributed by atoms with van der Waals surface area (Å²) in [6, 6.07) is 3.31. The fourth-order valence-corrected chi connectivity index (χ4v) is 2.29. The lowest BCUT2D eigenvalue weighted by atomic mass is 10.2. The van der Waals surface area contributed by atoms with Crippen LogP contribution in [0.4, 0.5) is 0 Å². The number of aromatic nitrogens is 5. The number of H-pyrrole nitrogens is 1. The molecule has 8 nitrogen and oxygen atoms in total. The monoisotopic (exact) mass is 298 g/mol. The first-order valence-electron chi connectivity index (χ1n) is 6.71. The van der Waals surface area contributed by atoms with Crippen molar-refractivity contribution in [1.82, 2.24) is 24.5 Å². The summed E-state index contributed by atoms with van der Waals surface area (Å²) in [6.45, 7) is 3.71. The Kier molecular flexibility index (Phi) is 3.21. The number of hydrogen-bond acceptors (Lipinski definition) is 5. The van der Waals surface area contributed by atoms with Crippen molar-refractivity contribution in [2.24, 2.45) is 5.73 Å². The first kappa shape index (κ1) is 13.9. The Labute approximate surface area is 125 Å². The van der Waals surface area contributed by atoms with Crippen molar-refractivity contribution >= 4 is 17.1 Å². The Bertz CT molecular complexity index is 910. The normalized spacial score (nSPS) is 11.2. The third-order valence-corrected chi connectivity index (χ3v) is 3.26. The van der Waals surface area contributed by atoms with Crippen LogP contribution in [0.2, 0.25) is 0 Å². The van der Waals surface area contributed by atoms with E-state index in [1.807, 2.05) is 13.8 Å². The molecule has 3 N–H and O–H groups in total. The number of carbonyl (C=O) groups excluding carboxylic acids is 1. The van der Waals surface area contributed by atoms with Crippen molar-refractivity contribution in [3.05, 3.63) is 40.7 Å². The van der Waals surface area contributed by atoms with Crippen LogP contribution >= 0.6 is 0 Å². The van der Waals surface area contributed by atoms with Gasteiger partial charge in [-0.05, 0) is 26.0 Å². The molecule has 3 rings (SSSR count). The van der Waals surface area contributed by atoms with Gasteiger partial charge in [0.1, 0.15) is 5.52 Å². The van der Waals surface area contributed by atoms with Gasteiger partial charge in [0, 0.05) is 24.0 Å². The highest BCUT2D eigenvalue weighted by atomic mass is 16.2. The molecule has 8 heteroatoms. The van der Waals surface area contributed by atoms with Crippen molar-refractivity contribution in [3.63, 3.8) is 0 Å². The summed E-state index contributed by atoms with van der Waals surface area (Å²) in [6.07, 6.45) is 3.19. The quantitative estimate of drug-likeness (QED) is 0.743. The summed E-state index contributed by atoms with van der Waals surface area (Å²) in [5.41, 5.74) is 6.32. The molecule has 0 saturated heterocycles. The molecule has 0 aliphatic heterocycles. The first-order chi connectivity index (χ1) is 10.5. The zero-order valence-corrected chi connectivity index (χ0v) is 12.1. The highest BCUT2D eigenvalue weighted by molar-refractivity contribution is 6.01. The number of fused-ring (bicyclic) bond motifs is 1. The second kappa shape index (κ2) is 5.06. The van der Waals surface area contributed by atoms with E-state index in [4.69, 9.17) is 5.73 Å². The van der Waals surface area contributed by atoms with Gasteiger partial charge >= 0.3 is 5.69 Å². The number of hydrogen-bond donors (Lipinski definition) is 2. The molecule has 0 unspecified atom stereocenters.